The second-order valence-electron chi connectivity index (χ2n) is 6.76. The molecule has 3 rings (SSSR count). The van der Waals surface area contributed by atoms with Gasteiger partial charge in [0.05, 0.1) is 5.56 Å². The molecule has 11 heteroatoms. The summed E-state index contributed by atoms with van der Waals surface area (Å²) in [7, 11) is -4.10. The van der Waals surface area contributed by atoms with Gasteiger partial charge in [-0.05, 0) is 66.2 Å². The van der Waals surface area contributed by atoms with Crippen LogP contribution < -0.4 is 9.50 Å². The van der Waals surface area contributed by atoms with Crippen molar-refractivity contribution in [3.63, 3.8) is 0 Å². The van der Waals surface area contributed by atoms with Gasteiger partial charge >= 0.3 is 16.3 Å². The van der Waals surface area contributed by atoms with E-state index in [9.17, 15) is 31.6 Å². The standard InChI is InChI=1S/C23H14ClF3N2O4S/c24-18-6-10-21(11-7-18)34(31,32)33-20-8-4-15(5-9-20)12-16(14-28)22(30)29-19-3-1-2-17(13-19)23(25,26)27/h1-13H,(H,29,30)/b16-12+. The molecule has 1 amide bonds. The molecule has 3 aromatic carbocycles. The molecule has 1 N–H and O–H groups in total. The highest BCUT2D eigenvalue weighted by atomic mass is 35.5. The van der Waals surface area contributed by atoms with Gasteiger partial charge in [-0.25, -0.2) is 0 Å². The zero-order valence-electron chi connectivity index (χ0n) is 17.0. The first-order valence-electron chi connectivity index (χ1n) is 9.38. The van der Waals surface area contributed by atoms with E-state index in [0.29, 0.717) is 10.6 Å². The monoisotopic (exact) mass is 506 g/mol. The van der Waals surface area contributed by atoms with E-state index in [0.717, 1.165) is 18.2 Å². The number of rotatable bonds is 6. The van der Waals surface area contributed by atoms with Gasteiger partial charge in [0.1, 0.15) is 22.3 Å². The van der Waals surface area contributed by atoms with Gasteiger partial charge in [0.2, 0.25) is 0 Å². The van der Waals surface area contributed by atoms with Gasteiger partial charge in [-0.15, -0.1) is 0 Å². The molecule has 0 saturated carbocycles. The van der Waals surface area contributed by atoms with Gasteiger partial charge in [0.15, 0.2) is 0 Å². The fourth-order valence-corrected chi connectivity index (χ4v) is 3.74. The lowest BCUT2D eigenvalue weighted by Crippen LogP contribution is -2.14. The average Bonchev–Trinajstić information content (AvgIpc) is 2.78. The summed E-state index contributed by atoms with van der Waals surface area (Å²) in [6.07, 6.45) is -3.39. The Balaban J connectivity index is 1.74. The highest BCUT2D eigenvalue weighted by Gasteiger charge is 2.30. The molecular weight excluding hydrogens is 493 g/mol. The fraction of sp³-hybridized carbons (Fsp3) is 0.0435. The van der Waals surface area contributed by atoms with Crippen LogP contribution in [0.1, 0.15) is 11.1 Å². The largest absolute Gasteiger partial charge is 0.416 e. The number of alkyl halides is 3. The van der Waals surface area contributed by atoms with Crippen LogP contribution in [0.25, 0.3) is 6.08 Å². The van der Waals surface area contributed by atoms with Crippen LogP contribution in [-0.4, -0.2) is 14.3 Å². The van der Waals surface area contributed by atoms with Crippen LogP contribution in [0.15, 0.2) is 83.3 Å². The number of hydrogen-bond acceptors (Lipinski definition) is 5. The Labute approximate surface area is 198 Å². The summed E-state index contributed by atoms with van der Waals surface area (Å²) in [4.78, 5) is 12.2. The first-order valence-corrected chi connectivity index (χ1v) is 11.2. The highest BCUT2D eigenvalue weighted by Crippen LogP contribution is 2.30. The lowest BCUT2D eigenvalue weighted by molar-refractivity contribution is -0.137. The van der Waals surface area contributed by atoms with Crippen molar-refractivity contribution in [3.8, 4) is 11.8 Å². The molecule has 174 valence electrons. The summed E-state index contributed by atoms with van der Waals surface area (Å²) < 4.78 is 68.2. The van der Waals surface area contributed by atoms with Crippen LogP contribution in [0.4, 0.5) is 18.9 Å². The van der Waals surface area contributed by atoms with Crippen molar-refractivity contribution in [2.45, 2.75) is 11.1 Å². The summed E-state index contributed by atoms with van der Waals surface area (Å²) in [6.45, 7) is 0. The van der Waals surface area contributed by atoms with Gasteiger partial charge in [0, 0.05) is 10.7 Å². The minimum Gasteiger partial charge on any atom is -0.379 e. The molecule has 34 heavy (non-hydrogen) atoms. The van der Waals surface area contributed by atoms with E-state index in [2.05, 4.69) is 5.32 Å². The second-order valence-corrected chi connectivity index (χ2v) is 8.75. The van der Waals surface area contributed by atoms with Gasteiger partial charge in [-0.3, -0.25) is 4.79 Å². The van der Waals surface area contributed by atoms with E-state index in [1.54, 1.807) is 6.07 Å². The lowest BCUT2D eigenvalue weighted by Gasteiger charge is -2.09. The number of nitriles is 1. The quantitative estimate of drug-likeness (QED) is 0.264. The minimum atomic E-state index is -4.58. The zero-order valence-corrected chi connectivity index (χ0v) is 18.6. The minimum absolute atomic E-state index is 0.0148. The summed E-state index contributed by atoms with van der Waals surface area (Å²) in [5.41, 5.74) is -1.10. The molecule has 0 heterocycles. The number of carbonyl (C=O) groups excluding carboxylic acids is 1. The molecule has 0 spiro atoms. The van der Waals surface area contributed by atoms with Crippen molar-refractivity contribution in [3.05, 3.63) is 94.5 Å². The third kappa shape index (κ3) is 6.37. The Hall–Kier alpha value is -3.81. The Morgan fingerprint density at radius 1 is 1.03 bits per heavy atom. The molecular formula is C23H14ClF3N2O4S. The number of carbonyl (C=O) groups is 1. The van der Waals surface area contributed by atoms with Crippen molar-refractivity contribution in [2.24, 2.45) is 0 Å². The second kappa shape index (κ2) is 9.99. The number of nitrogens with zero attached hydrogens (tertiary/aromatic N) is 1. The molecule has 0 saturated heterocycles. The molecule has 0 unspecified atom stereocenters. The van der Waals surface area contributed by atoms with Crippen LogP contribution in [-0.2, 0) is 21.1 Å². The molecule has 0 aliphatic heterocycles. The van der Waals surface area contributed by atoms with Gasteiger partial charge in [0.25, 0.3) is 5.91 Å². The maximum absolute atomic E-state index is 12.8. The summed E-state index contributed by atoms with van der Waals surface area (Å²) in [5.74, 6) is -0.925. The third-order valence-electron chi connectivity index (χ3n) is 4.31. The maximum atomic E-state index is 12.8. The van der Waals surface area contributed by atoms with Crippen LogP contribution in [0.5, 0.6) is 5.75 Å². The average molecular weight is 507 g/mol. The van der Waals surface area contributed by atoms with E-state index in [4.69, 9.17) is 15.8 Å². The smallest absolute Gasteiger partial charge is 0.379 e. The number of amides is 1. The molecule has 6 nitrogen and oxygen atoms in total. The number of anilines is 1. The Kier molecular flexibility index (Phi) is 7.29. The lowest BCUT2D eigenvalue weighted by atomic mass is 10.1. The molecule has 3 aromatic rings. The summed E-state index contributed by atoms with van der Waals surface area (Å²) >= 11 is 5.75. The van der Waals surface area contributed by atoms with Gasteiger partial charge in [-0.2, -0.15) is 26.9 Å². The van der Waals surface area contributed by atoms with Crippen LogP contribution in [0.3, 0.4) is 0 Å². The van der Waals surface area contributed by atoms with Crippen LogP contribution >= 0.6 is 11.6 Å². The number of benzene rings is 3. The first kappa shape index (κ1) is 24.8. The molecule has 0 aliphatic rings. The molecule has 0 bridgehead atoms. The van der Waals surface area contributed by atoms with E-state index in [-0.39, 0.29) is 21.9 Å². The third-order valence-corrected chi connectivity index (χ3v) is 5.83. The number of halogens is 4. The zero-order chi connectivity index (χ0) is 24.9. The number of hydrogen-bond donors (Lipinski definition) is 1. The van der Waals surface area contributed by atoms with E-state index in [1.807, 2.05) is 0 Å². The van der Waals surface area contributed by atoms with Crippen molar-refractivity contribution in [1.29, 1.82) is 5.26 Å². The Bertz CT molecular complexity index is 1380. The van der Waals surface area contributed by atoms with Crippen LogP contribution in [0.2, 0.25) is 5.02 Å². The Morgan fingerprint density at radius 2 is 1.68 bits per heavy atom. The highest BCUT2D eigenvalue weighted by molar-refractivity contribution is 7.87. The SMILES string of the molecule is N#C/C(=C\c1ccc(OS(=O)(=O)c2ccc(Cl)cc2)cc1)C(=O)Nc1cccc(C(F)(F)F)c1. The topological polar surface area (TPSA) is 96.3 Å². The van der Waals surface area contributed by atoms with E-state index >= 15 is 0 Å². The molecule has 0 aliphatic carbocycles. The molecule has 0 radical (unpaired) electrons. The van der Waals surface area contributed by atoms with E-state index < -0.39 is 27.8 Å². The summed E-state index contributed by atoms with van der Waals surface area (Å²) in [6, 6.07) is 16.5. The van der Waals surface area contributed by atoms with Crippen molar-refractivity contribution < 1.29 is 30.6 Å². The summed E-state index contributed by atoms with van der Waals surface area (Å²) in [5, 5.41) is 11.9. The normalized spacial score (nSPS) is 12.0. The van der Waals surface area contributed by atoms with Crippen molar-refractivity contribution in [2.75, 3.05) is 5.32 Å². The molecule has 0 fully saturated rings. The van der Waals surface area contributed by atoms with Crippen LogP contribution in [0, 0.1) is 11.3 Å². The fourth-order valence-electron chi connectivity index (χ4n) is 2.68. The van der Waals surface area contributed by atoms with Gasteiger partial charge in [-0.1, -0.05) is 29.8 Å². The molecule has 0 aromatic heterocycles. The first-order chi connectivity index (χ1) is 16.0. The van der Waals surface area contributed by atoms with Gasteiger partial charge < -0.3 is 9.50 Å². The van der Waals surface area contributed by atoms with Crippen molar-refractivity contribution >= 4 is 39.4 Å². The predicted molar refractivity (Wildman–Crippen MR) is 119 cm³/mol. The van der Waals surface area contributed by atoms with E-state index in [1.165, 1.54) is 60.7 Å². The predicted octanol–water partition coefficient (Wildman–Crippen LogP) is 5.67. The Morgan fingerprint density at radius 3 is 2.26 bits per heavy atom. The molecule has 0 atom stereocenters. The number of nitrogens with one attached hydrogen (secondary N) is 1. The van der Waals surface area contributed by atoms with Crippen molar-refractivity contribution in [1.82, 2.24) is 0 Å². The maximum Gasteiger partial charge on any atom is 0.416 e.